The Balaban J connectivity index is 1.94. The standard InChI is InChI=1S/C26H39N3O3/c1-18(2)27-23(31)26(16-10-9-14-20(26)19-12-7-6-8-13-19)28-22(30)21-15-11-17-29(21)24(32)25(3,4)5/h6-8,12-13,18,20-21H,9-11,14-17H2,1-5H3,(H,27,31)(H,28,30)/t20-,21+,26-/m1/s1. The Hall–Kier alpha value is -2.37. The van der Waals surface area contributed by atoms with Gasteiger partial charge in [-0.2, -0.15) is 0 Å². The van der Waals surface area contributed by atoms with Crippen molar-refractivity contribution in [3.63, 3.8) is 0 Å². The Bertz CT molecular complexity index is 830. The molecule has 1 heterocycles. The number of carbonyl (C=O) groups is 3. The first-order chi connectivity index (χ1) is 15.1. The highest BCUT2D eigenvalue weighted by Crippen LogP contribution is 2.42. The lowest BCUT2D eigenvalue weighted by atomic mass is 9.68. The molecule has 1 aromatic carbocycles. The fraction of sp³-hybridized carbons (Fsp3) is 0.654. The SMILES string of the molecule is CC(C)NC(=O)[C@@]1(NC(=O)[C@@H]2CCCN2C(=O)C(C)(C)C)CCCC[C@@H]1c1ccccc1. The predicted molar refractivity (Wildman–Crippen MR) is 126 cm³/mol. The van der Waals surface area contributed by atoms with Gasteiger partial charge in [-0.15, -0.1) is 0 Å². The highest BCUT2D eigenvalue weighted by molar-refractivity contribution is 5.96. The largest absolute Gasteiger partial charge is 0.352 e. The molecule has 0 radical (unpaired) electrons. The van der Waals surface area contributed by atoms with Crippen LogP contribution in [0, 0.1) is 5.41 Å². The van der Waals surface area contributed by atoms with E-state index in [2.05, 4.69) is 10.6 Å². The number of benzene rings is 1. The van der Waals surface area contributed by atoms with Crippen molar-refractivity contribution >= 4 is 17.7 Å². The Morgan fingerprint density at radius 2 is 1.72 bits per heavy atom. The second-order valence-corrected chi connectivity index (χ2v) is 10.7. The van der Waals surface area contributed by atoms with E-state index in [0.717, 1.165) is 31.2 Å². The maximum absolute atomic E-state index is 13.6. The van der Waals surface area contributed by atoms with Gasteiger partial charge in [0, 0.05) is 23.9 Å². The van der Waals surface area contributed by atoms with E-state index in [1.54, 1.807) is 4.90 Å². The second-order valence-electron chi connectivity index (χ2n) is 10.7. The highest BCUT2D eigenvalue weighted by Gasteiger charge is 2.50. The molecular weight excluding hydrogens is 402 g/mol. The zero-order valence-electron chi connectivity index (χ0n) is 20.2. The van der Waals surface area contributed by atoms with E-state index in [1.807, 2.05) is 65.0 Å². The number of amides is 3. The van der Waals surface area contributed by atoms with Crippen molar-refractivity contribution in [1.29, 1.82) is 0 Å². The van der Waals surface area contributed by atoms with Gasteiger partial charge in [-0.1, -0.05) is 63.9 Å². The van der Waals surface area contributed by atoms with Crippen molar-refractivity contribution in [3.8, 4) is 0 Å². The van der Waals surface area contributed by atoms with Crippen molar-refractivity contribution < 1.29 is 14.4 Å². The van der Waals surface area contributed by atoms with Crippen LogP contribution in [0.5, 0.6) is 0 Å². The molecule has 2 fully saturated rings. The lowest BCUT2D eigenvalue weighted by molar-refractivity contribution is -0.146. The number of carbonyl (C=O) groups excluding carboxylic acids is 3. The molecule has 6 heteroatoms. The van der Waals surface area contributed by atoms with Crippen molar-refractivity contribution in [2.75, 3.05) is 6.54 Å². The number of nitrogens with one attached hydrogen (secondary N) is 2. The minimum absolute atomic E-state index is 0.0147. The third-order valence-corrected chi connectivity index (χ3v) is 6.74. The van der Waals surface area contributed by atoms with E-state index in [9.17, 15) is 14.4 Å². The molecule has 6 nitrogen and oxygen atoms in total. The number of rotatable bonds is 5. The van der Waals surface area contributed by atoms with Crippen LogP contribution >= 0.6 is 0 Å². The first-order valence-corrected chi connectivity index (χ1v) is 12.1. The molecule has 0 spiro atoms. The summed E-state index contributed by atoms with van der Waals surface area (Å²) in [4.78, 5) is 42.0. The predicted octanol–water partition coefficient (Wildman–Crippen LogP) is 3.76. The van der Waals surface area contributed by atoms with Gasteiger partial charge in [0.1, 0.15) is 11.6 Å². The summed E-state index contributed by atoms with van der Waals surface area (Å²) >= 11 is 0. The Labute approximate surface area is 192 Å². The van der Waals surface area contributed by atoms with Crippen LogP contribution in [0.2, 0.25) is 0 Å². The van der Waals surface area contributed by atoms with Gasteiger partial charge < -0.3 is 15.5 Å². The third-order valence-electron chi connectivity index (χ3n) is 6.74. The normalized spacial score (nSPS) is 26.1. The average molecular weight is 442 g/mol. The van der Waals surface area contributed by atoms with Gasteiger partial charge in [0.2, 0.25) is 17.7 Å². The summed E-state index contributed by atoms with van der Waals surface area (Å²) in [6.45, 7) is 10.1. The Morgan fingerprint density at radius 3 is 2.34 bits per heavy atom. The molecule has 3 rings (SSSR count). The zero-order chi connectivity index (χ0) is 23.5. The van der Waals surface area contributed by atoms with Crippen LogP contribution in [0.25, 0.3) is 0 Å². The summed E-state index contributed by atoms with van der Waals surface area (Å²) in [6.07, 6.45) is 4.76. The van der Waals surface area contributed by atoms with Gasteiger partial charge in [0.05, 0.1) is 0 Å². The first-order valence-electron chi connectivity index (χ1n) is 12.1. The van der Waals surface area contributed by atoms with Crippen LogP contribution in [0.4, 0.5) is 0 Å². The Morgan fingerprint density at radius 1 is 1.03 bits per heavy atom. The number of hydrogen-bond acceptors (Lipinski definition) is 3. The molecule has 2 N–H and O–H groups in total. The van der Waals surface area contributed by atoms with Crippen LogP contribution in [-0.4, -0.2) is 46.8 Å². The fourth-order valence-electron chi connectivity index (χ4n) is 5.19. The van der Waals surface area contributed by atoms with Gasteiger partial charge in [0.25, 0.3) is 0 Å². The molecule has 3 atom stereocenters. The minimum atomic E-state index is -1.01. The van der Waals surface area contributed by atoms with Gasteiger partial charge in [-0.25, -0.2) is 0 Å². The van der Waals surface area contributed by atoms with E-state index < -0.39 is 17.0 Å². The molecule has 1 saturated heterocycles. The maximum atomic E-state index is 13.6. The monoisotopic (exact) mass is 441 g/mol. The summed E-state index contributed by atoms with van der Waals surface area (Å²) < 4.78 is 0. The van der Waals surface area contributed by atoms with Crippen LogP contribution in [0.1, 0.15) is 84.6 Å². The first kappa shape index (κ1) is 24.3. The summed E-state index contributed by atoms with van der Waals surface area (Å²) in [5, 5.41) is 6.29. The van der Waals surface area contributed by atoms with Crippen molar-refractivity contribution in [3.05, 3.63) is 35.9 Å². The van der Waals surface area contributed by atoms with Crippen LogP contribution in [0.15, 0.2) is 30.3 Å². The summed E-state index contributed by atoms with van der Waals surface area (Å²) in [6, 6.07) is 9.48. The molecule has 1 aromatic rings. The molecule has 32 heavy (non-hydrogen) atoms. The molecule has 0 aromatic heterocycles. The number of likely N-dealkylation sites (tertiary alicyclic amines) is 1. The van der Waals surface area contributed by atoms with Crippen LogP contribution < -0.4 is 10.6 Å². The zero-order valence-corrected chi connectivity index (χ0v) is 20.2. The van der Waals surface area contributed by atoms with E-state index in [-0.39, 0.29) is 29.7 Å². The molecule has 0 bridgehead atoms. The lowest BCUT2D eigenvalue weighted by Gasteiger charge is -2.45. The van der Waals surface area contributed by atoms with Crippen LogP contribution in [-0.2, 0) is 14.4 Å². The van der Waals surface area contributed by atoms with Gasteiger partial charge in [-0.3, -0.25) is 14.4 Å². The molecular formula is C26H39N3O3. The highest BCUT2D eigenvalue weighted by atomic mass is 16.2. The van der Waals surface area contributed by atoms with E-state index >= 15 is 0 Å². The van der Waals surface area contributed by atoms with E-state index in [4.69, 9.17) is 0 Å². The summed E-state index contributed by atoms with van der Waals surface area (Å²) in [5.41, 5.74) is -0.493. The van der Waals surface area contributed by atoms with Crippen molar-refractivity contribution in [1.82, 2.24) is 15.5 Å². The van der Waals surface area contributed by atoms with Gasteiger partial charge >= 0.3 is 0 Å². The van der Waals surface area contributed by atoms with Gasteiger partial charge in [0.15, 0.2) is 0 Å². The Kier molecular flexibility index (Phi) is 7.31. The van der Waals surface area contributed by atoms with Gasteiger partial charge in [-0.05, 0) is 45.1 Å². The molecule has 176 valence electrons. The molecule has 0 unspecified atom stereocenters. The molecule has 3 amide bonds. The van der Waals surface area contributed by atoms with E-state index in [0.29, 0.717) is 19.4 Å². The molecule has 2 aliphatic rings. The second kappa shape index (κ2) is 9.63. The molecule has 1 aliphatic carbocycles. The summed E-state index contributed by atoms with van der Waals surface area (Å²) in [7, 11) is 0. The lowest BCUT2D eigenvalue weighted by Crippen LogP contribution is -2.66. The van der Waals surface area contributed by atoms with Crippen molar-refractivity contribution in [2.45, 2.75) is 96.7 Å². The third kappa shape index (κ3) is 5.00. The fourth-order valence-corrected chi connectivity index (χ4v) is 5.19. The van der Waals surface area contributed by atoms with Crippen molar-refractivity contribution in [2.24, 2.45) is 5.41 Å². The smallest absolute Gasteiger partial charge is 0.246 e. The summed E-state index contributed by atoms with van der Waals surface area (Å²) in [5.74, 6) is -0.449. The molecule has 1 aliphatic heterocycles. The average Bonchev–Trinajstić information content (AvgIpc) is 3.23. The topological polar surface area (TPSA) is 78.5 Å². The van der Waals surface area contributed by atoms with Crippen LogP contribution in [0.3, 0.4) is 0 Å². The number of nitrogens with zero attached hydrogens (tertiary/aromatic N) is 1. The minimum Gasteiger partial charge on any atom is -0.352 e. The number of hydrogen-bond donors (Lipinski definition) is 2. The maximum Gasteiger partial charge on any atom is 0.246 e. The quantitative estimate of drug-likeness (QED) is 0.730. The van der Waals surface area contributed by atoms with E-state index in [1.165, 1.54) is 0 Å². The molecule has 1 saturated carbocycles.